The largest absolute Gasteiger partial charge is 1.00 e. The van der Waals surface area contributed by atoms with Crippen molar-refractivity contribution in [3.05, 3.63) is 0 Å². The van der Waals surface area contributed by atoms with Gasteiger partial charge in [-0.25, -0.2) is 0 Å². The summed E-state index contributed by atoms with van der Waals surface area (Å²) in [5.74, 6) is 0. The number of likely N-dealkylation sites (N-methyl/N-ethyl adjacent to an activating group) is 2. The number of quaternary nitrogens is 2. The van der Waals surface area contributed by atoms with E-state index in [-0.39, 0.29) is 24.8 Å². The highest BCUT2D eigenvalue weighted by Crippen LogP contribution is 2.16. The number of nitrogens with zero attached hydrogens (tertiary/aromatic N) is 2. The molecule has 1 atom stereocenters. The molecule has 0 heterocycles. The molecule has 5 heteroatoms. The Kier molecular flexibility index (Phi) is 25.4. The molecule has 0 aromatic carbocycles. The number of rotatable bonds is 21. The zero-order valence-electron chi connectivity index (χ0n) is 23.2. The molecule has 32 heavy (non-hydrogen) atoms. The third-order valence-corrected chi connectivity index (χ3v) is 5.89. The average Bonchev–Trinajstić information content (AvgIpc) is 2.59. The molecule has 1 unspecified atom stereocenters. The number of hydrogen-bond donors (Lipinski definition) is 0. The van der Waals surface area contributed by atoms with Crippen molar-refractivity contribution in [3.63, 3.8) is 0 Å². The predicted molar refractivity (Wildman–Crippen MR) is 135 cm³/mol. The Morgan fingerprint density at radius 3 is 1.16 bits per heavy atom. The van der Waals surface area contributed by atoms with E-state index in [1.165, 1.54) is 96.3 Å². The van der Waals surface area contributed by atoms with E-state index in [9.17, 15) is 0 Å². The van der Waals surface area contributed by atoms with E-state index in [1.807, 2.05) is 0 Å². The van der Waals surface area contributed by atoms with Crippen LogP contribution in [-0.4, -0.2) is 76.5 Å². The van der Waals surface area contributed by atoms with Crippen molar-refractivity contribution in [2.75, 3.05) is 55.4 Å². The van der Waals surface area contributed by atoms with Crippen LogP contribution in [0.3, 0.4) is 0 Å². The molecule has 0 spiro atoms. The molecule has 0 saturated heterocycles. The lowest BCUT2D eigenvalue weighted by atomic mass is 10.0. The Hall–Kier alpha value is 0.460. The Morgan fingerprint density at radius 1 is 0.531 bits per heavy atom. The van der Waals surface area contributed by atoms with E-state index in [2.05, 4.69) is 56.1 Å². The Labute approximate surface area is 216 Å². The van der Waals surface area contributed by atoms with Gasteiger partial charge < -0.3 is 38.5 Å². The lowest BCUT2D eigenvalue weighted by Gasteiger charge is -2.35. The smallest absolute Gasteiger partial charge is 0.155 e. The van der Waals surface area contributed by atoms with Gasteiger partial charge in [0.2, 0.25) is 0 Å². The summed E-state index contributed by atoms with van der Waals surface area (Å²) in [6.45, 7) is 6.74. The summed E-state index contributed by atoms with van der Waals surface area (Å²) in [7, 11) is 13.6. The first kappa shape index (κ1) is 37.0. The maximum absolute atomic E-state index is 6.48. The van der Waals surface area contributed by atoms with Gasteiger partial charge in [0.25, 0.3) is 0 Å². The average molecular weight is 500 g/mol. The molecule has 0 aliphatic rings. The zero-order chi connectivity index (χ0) is 22.9. The fourth-order valence-electron chi connectivity index (χ4n) is 4.39. The van der Waals surface area contributed by atoms with Crippen molar-refractivity contribution >= 4 is 0 Å². The van der Waals surface area contributed by atoms with Gasteiger partial charge in [-0.05, 0) is 13.3 Å². The molecule has 0 aromatic rings. The van der Waals surface area contributed by atoms with Gasteiger partial charge in [0.15, 0.2) is 6.10 Å². The van der Waals surface area contributed by atoms with Crippen LogP contribution in [-0.2, 0) is 4.74 Å². The van der Waals surface area contributed by atoms with Gasteiger partial charge in [-0.2, -0.15) is 0 Å². The number of halogens is 2. The molecule has 0 N–H and O–H groups in total. The minimum Gasteiger partial charge on any atom is -1.00 e. The van der Waals surface area contributed by atoms with Gasteiger partial charge in [-0.3, -0.25) is 0 Å². The molecule has 0 bridgehead atoms. The van der Waals surface area contributed by atoms with Crippen LogP contribution in [0.1, 0.15) is 110 Å². The monoisotopic (exact) mass is 498 g/mol. The van der Waals surface area contributed by atoms with Gasteiger partial charge in [0, 0.05) is 0 Å². The van der Waals surface area contributed by atoms with E-state index in [4.69, 9.17) is 4.74 Å². The van der Waals surface area contributed by atoms with Crippen molar-refractivity contribution in [2.45, 2.75) is 122 Å². The summed E-state index contributed by atoms with van der Waals surface area (Å²) in [6, 6.07) is 0. The van der Waals surface area contributed by atoms with Crippen LogP contribution in [0.15, 0.2) is 0 Å². The van der Waals surface area contributed by atoms with Crippen LogP contribution in [0.5, 0.6) is 0 Å². The number of unbranched alkanes of at least 4 members (excludes halogenated alkanes) is 13. The van der Waals surface area contributed by atoms with Crippen LogP contribution in [0.4, 0.5) is 0 Å². The second-order valence-electron chi connectivity index (χ2n) is 11.9. The Bertz CT molecular complexity index is 365. The molecule has 0 radical (unpaired) electrons. The molecule has 0 rings (SSSR count). The summed E-state index contributed by atoms with van der Waals surface area (Å²) in [5.41, 5.74) is 0. The van der Waals surface area contributed by atoms with Gasteiger partial charge in [0.05, 0.1) is 48.4 Å². The molecule has 0 aliphatic heterocycles. The summed E-state index contributed by atoms with van der Waals surface area (Å²) in [6.07, 6.45) is 21.9. The van der Waals surface area contributed by atoms with Crippen LogP contribution in [0, 0.1) is 0 Å². The highest BCUT2D eigenvalue weighted by Gasteiger charge is 2.26. The maximum Gasteiger partial charge on any atom is 0.155 e. The summed E-state index contributed by atoms with van der Waals surface area (Å²) in [4.78, 5) is 0. The SMILES string of the molecule is CCCCCCCCCCCCCCCCC(C)OC(C[N+](C)(C)C)C[N+](C)(C)C.[Cl-].[Cl-]. The standard InChI is InChI=1S/C27H60N2O.2ClH/c1-9-10-11-12-13-14-15-16-17-18-19-20-21-22-23-26(2)30-27(24-28(3,4)5)25-29(6,7)8;;/h26-27H,9-25H2,1-8H3;2*1H/q+2;;/p-2. The van der Waals surface area contributed by atoms with Crippen molar-refractivity contribution in [1.29, 1.82) is 0 Å². The first-order valence-electron chi connectivity index (χ1n) is 13.3. The molecule has 0 aromatic heterocycles. The lowest BCUT2D eigenvalue weighted by molar-refractivity contribution is -0.896. The number of hydrogen-bond acceptors (Lipinski definition) is 1. The maximum atomic E-state index is 6.48. The van der Waals surface area contributed by atoms with Crippen molar-refractivity contribution in [3.8, 4) is 0 Å². The summed E-state index contributed by atoms with van der Waals surface area (Å²) >= 11 is 0. The highest BCUT2D eigenvalue weighted by molar-refractivity contribution is 4.61. The summed E-state index contributed by atoms with van der Waals surface area (Å²) in [5, 5.41) is 0. The fourth-order valence-corrected chi connectivity index (χ4v) is 4.39. The van der Waals surface area contributed by atoms with Crippen LogP contribution < -0.4 is 24.8 Å². The van der Waals surface area contributed by atoms with Crippen LogP contribution in [0.2, 0.25) is 0 Å². The third kappa shape index (κ3) is 28.5. The number of ether oxygens (including phenoxy) is 1. The normalized spacial score (nSPS) is 13.0. The first-order valence-corrected chi connectivity index (χ1v) is 13.3. The van der Waals surface area contributed by atoms with Gasteiger partial charge in [0.1, 0.15) is 13.1 Å². The van der Waals surface area contributed by atoms with Crippen LogP contribution in [0.25, 0.3) is 0 Å². The van der Waals surface area contributed by atoms with Crippen molar-refractivity contribution < 1.29 is 38.5 Å². The van der Waals surface area contributed by atoms with Crippen molar-refractivity contribution in [2.24, 2.45) is 0 Å². The molecular formula is C27H60Cl2N2O. The molecular weight excluding hydrogens is 439 g/mol. The molecule has 0 amide bonds. The highest BCUT2D eigenvalue weighted by atomic mass is 35.5. The fraction of sp³-hybridized carbons (Fsp3) is 1.00. The predicted octanol–water partition coefficient (Wildman–Crippen LogP) is 1.05. The van der Waals surface area contributed by atoms with Crippen molar-refractivity contribution in [1.82, 2.24) is 0 Å². The lowest BCUT2D eigenvalue weighted by Crippen LogP contribution is -3.00. The van der Waals surface area contributed by atoms with E-state index >= 15 is 0 Å². The van der Waals surface area contributed by atoms with E-state index < -0.39 is 0 Å². The third-order valence-electron chi connectivity index (χ3n) is 5.89. The quantitative estimate of drug-likeness (QED) is 0.170. The Balaban J connectivity index is -0.00000420. The second-order valence-corrected chi connectivity index (χ2v) is 11.9. The minimum absolute atomic E-state index is 0. The van der Waals surface area contributed by atoms with E-state index in [1.54, 1.807) is 0 Å². The van der Waals surface area contributed by atoms with E-state index in [0.29, 0.717) is 12.2 Å². The van der Waals surface area contributed by atoms with Gasteiger partial charge in [-0.15, -0.1) is 0 Å². The topological polar surface area (TPSA) is 9.23 Å². The first-order chi connectivity index (χ1) is 14.0. The second kappa shape index (κ2) is 22.0. The van der Waals surface area contributed by atoms with E-state index in [0.717, 1.165) is 22.1 Å². The minimum atomic E-state index is 0. The Morgan fingerprint density at radius 2 is 0.844 bits per heavy atom. The molecule has 0 saturated carbocycles. The molecule has 198 valence electrons. The molecule has 3 nitrogen and oxygen atoms in total. The molecule has 0 fully saturated rings. The summed E-state index contributed by atoms with van der Waals surface area (Å²) < 4.78 is 8.42. The zero-order valence-corrected chi connectivity index (χ0v) is 24.7. The van der Waals surface area contributed by atoms with Crippen LogP contribution >= 0.6 is 0 Å². The van der Waals surface area contributed by atoms with Gasteiger partial charge >= 0.3 is 0 Å². The molecule has 0 aliphatic carbocycles. The van der Waals surface area contributed by atoms with Gasteiger partial charge in [-0.1, -0.05) is 96.8 Å².